The molecule has 122 valence electrons. The van der Waals surface area contributed by atoms with E-state index in [0.29, 0.717) is 18.2 Å². The fourth-order valence-electron chi connectivity index (χ4n) is 2.24. The van der Waals surface area contributed by atoms with Crippen LogP contribution in [0.5, 0.6) is 0 Å². The second-order valence-corrected chi connectivity index (χ2v) is 4.89. The molecule has 8 heteroatoms. The van der Waals surface area contributed by atoms with Gasteiger partial charge in [0.05, 0.1) is 12.2 Å². The molecule has 0 saturated carbocycles. The number of carboxylic acid groups (broad SMARTS) is 1. The van der Waals surface area contributed by atoms with Gasteiger partial charge in [0, 0.05) is 18.7 Å². The highest BCUT2D eigenvalue weighted by atomic mass is 19.1. The minimum Gasteiger partial charge on any atom is -0.477 e. The molecule has 0 radical (unpaired) electrons. The van der Waals surface area contributed by atoms with Crippen molar-refractivity contribution >= 4 is 17.6 Å². The minimum atomic E-state index is -1.17. The van der Waals surface area contributed by atoms with Gasteiger partial charge in [-0.3, -0.25) is 9.48 Å². The lowest BCUT2D eigenvalue weighted by atomic mass is 10.1. The lowest BCUT2D eigenvalue weighted by Gasteiger charge is -2.08. The molecule has 6 nitrogen and oxygen atoms in total. The van der Waals surface area contributed by atoms with Crippen LogP contribution in [0.25, 0.3) is 0 Å². The molecule has 23 heavy (non-hydrogen) atoms. The van der Waals surface area contributed by atoms with Crippen molar-refractivity contribution in [1.29, 1.82) is 0 Å². The van der Waals surface area contributed by atoms with Crippen LogP contribution in [0.1, 0.15) is 33.3 Å². The number of carbonyl (C=O) groups is 2. The van der Waals surface area contributed by atoms with Crippen molar-refractivity contribution in [2.75, 3.05) is 11.9 Å². The van der Waals surface area contributed by atoms with Crippen LogP contribution < -0.4 is 5.32 Å². The summed E-state index contributed by atoms with van der Waals surface area (Å²) in [5.41, 5.74) is 0.227. The Morgan fingerprint density at radius 3 is 2.39 bits per heavy atom. The van der Waals surface area contributed by atoms with Gasteiger partial charge in [-0.15, -0.1) is 0 Å². The molecule has 1 aromatic heterocycles. The van der Waals surface area contributed by atoms with Gasteiger partial charge in [0.25, 0.3) is 0 Å². The SMILES string of the molecule is CCc1nn(C)c(NCC(=O)c2cc(F)cc(F)c2)c1C(=O)O. The number of anilines is 1. The number of aromatic carboxylic acids is 1. The number of nitrogens with one attached hydrogen (secondary N) is 1. The van der Waals surface area contributed by atoms with Crippen molar-refractivity contribution in [2.45, 2.75) is 13.3 Å². The number of ketones is 1. The summed E-state index contributed by atoms with van der Waals surface area (Å²) < 4.78 is 27.6. The number of nitrogens with zero attached hydrogens (tertiary/aromatic N) is 2. The normalized spacial score (nSPS) is 10.6. The van der Waals surface area contributed by atoms with E-state index in [-0.39, 0.29) is 23.5 Å². The molecule has 0 saturated heterocycles. The number of benzene rings is 1. The smallest absolute Gasteiger partial charge is 0.341 e. The third-order valence-corrected chi connectivity index (χ3v) is 3.27. The summed E-state index contributed by atoms with van der Waals surface area (Å²) in [5, 5.41) is 16.0. The maximum atomic E-state index is 13.1. The van der Waals surface area contributed by atoms with Crippen LogP contribution in [-0.4, -0.2) is 33.2 Å². The molecule has 0 fully saturated rings. The van der Waals surface area contributed by atoms with E-state index in [2.05, 4.69) is 10.4 Å². The van der Waals surface area contributed by atoms with Crippen molar-refractivity contribution in [3.8, 4) is 0 Å². The van der Waals surface area contributed by atoms with Gasteiger partial charge in [0.1, 0.15) is 23.0 Å². The van der Waals surface area contributed by atoms with Gasteiger partial charge in [-0.05, 0) is 18.6 Å². The van der Waals surface area contributed by atoms with Crippen molar-refractivity contribution in [3.63, 3.8) is 0 Å². The molecule has 2 N–H and O–H groups in total. The molecule has 0 bridgehead atoms. The molecular weight excluding hydrogens is 308 g/mol. The van der Waals surface area contributed by atoms with Crippen LogP contribution in [0, 0.1) is 11.6 Å². The molecule has 1 heterocycles. The van der Waals surface area contributed by atoms with E-state index in [0.717, 1.165) is 12.1 Å². The van der Waals surface area contributed by atoms with Crippen molar-refractivity contribution in [1.82, 2.24) is 9.78 Å². The van der Waals surface area contributed by atoms with Crippen LogP contribution >= 0.6 is 0 Å². The molecule has 2 rings (SSSR count). The van der Waals surface area contributed by atoms with Gasteiger partial charge in [0.2, 0.25) is 0 Å². The van der Waals surface area contributed by atoms with E-state index in [9.17, 15) is 23.5 Å². The van der Waals surface area contributed by atoms with Crippen LogP contribution in [0.3, 0.4) is 0 Å². The monoisotopic (exact) mass is 323 g/mol. The van der Waals surface area contributed by atoms with Crippen LogP contribution in [-0.2, 0) is 13.5 Å². The quantitative estimate of drug-likeness (QED) is 0.797. The molecule has 0 aliphatic rings. The standard InChI is InChI=1S/C15H15F2N3O3/c1-3-11-13(15(22)23)14(20(2)19-11)18-7-12(21)8-4-9(16)6-10(17)5-8/h4-6,18H,3,7H2,1-2H3,(H,22,23). The molecular formula is C15H15F2N3O3. The predicted octanol–water partition coefficient (Wildman–Crippen LogP) is 2.25. The maximum Gasteiger partial charge on any atom is 0.341 e. The highest BCUT2D eigenvalue weighted by molar-refractivity contribution is 6.00. The number of Topliss-reactive ketones (excluding diaryl/α,β-unsaturated/α-hetero) is 1. The zero-order valence-corrected chi connectivity index (χ0v) is 12.6. The van der Waals surface area contributed by atoms with Gasteiger partial charge in [-0.25, -0.2) is 13.6 Å². The lowest BCUT2D eigenvalue weighted by molar-refractivity contribution is 0.0696. The largest absolute Gasteiger partial charge is 0.477 e. The van der Waals surface area contributed by atoms with Gasteiger partial charge in [-0.2, -0.15) is 5.10 Å². The van der Waals surface area contributed by atoms with E-state index in [1.807, 2.05) is 0 Å². The van der Waals surface area contributed by atoms with Gasteiger partial charge in [-0.1, -0.05) is 6.92 Å². The lowest BCUT2D eigenvalue weighted by Crippen LogP contribution is -2.18. The van der Waals surface area contributed by atoms with E-state index in [4.69, 9.17) is 0 Å². The number of aromatic nitrogens is 2. The van der Waals surface area contributed by atoms with Crippen molar-refractivity contribution in [2.24, 2.45) is 7.05 Å². The molecule has 0 atom stereocenters. The number of hydrogen-bond donors (Lipinski definition) is 2. The van der Waals surface area contributed by atoms with E-state index >= 15 is 0 Å². The predicted molar refractivity (Wildman–Crippen MR) is 78.7 cm³/mol. The Labute approximate surface area is 130 Å². The molecule has 2 aromatic rings. The average molecular weight is 323 g/mol. The Morgan fingerprint density at radius 1 is 1.26 bits per heavy atom. The van der Waals surface area contributed by atoms with Gasteiger partial charge < -0.3 is 10.4 Å². The molecule has 0 spiro atoms. The second-order valence-electron chi connectivity index (χ2n) is 4.89. The summed E-state index contributed by atoms with van der Waals surface area (Å²) in [4.78, 5) is 23.4. The number of hydrogen-bond acceptors (Lipinski definition) is 4. The Bertz CT molecular complexity index is 751. The first-order valence-corrected chi connectivity index (χ1v) is 6.85. The molecule has 0 aliphatic heterocycles. The number of rotatable bonds is 6. The first-order chi connectivity index (χ1) is 10.8. The zero-order chi connectivity index (χ0) is 17.1. The van der Waals surface area contributed by atoms with Crippen LogP contribution in [0.15, 0.2) is 18.2 Å². The third-order valence-electron chi connectivity index (χ3n) is 3.27. The zero-order valence-electron chi connectivity index (χ0n) is 12.6. The summed E-state index contributed by atoms with van der Waals surface area (Å²) in [6.45, 7) is 1.45. The average Bonchev–Trinajstić information content (AvgIpc) is 2.79. The Balaban J connectivity index is 2.22. The highest BCUT2D eigenvalue weighted by Gasteiger charge is 2.21. The van der Waals surface area contributed by atoms with Crippen molar-refractivity contribution < 1.29 is 23.5 Å². The molecule has 0 aliphatic carbocycles. The highest BCUT2D eigenvalue weighted by Crippen LogP contribution is 2.20. The van der Waals surface area contributed by atoms with E-state index < -0.39 is 23.4 Å². The van der Waals surface area contributed by atoms with Crippen molar-refractivity contribution in [3.05, 3.63) is 46.7 Å². The first-order valence-electron chi connectivity index (χ1n) is 6.85. The number of carbonyl (C=O) groups excluding carboxylic acids is 1. The summed E-state index contributed by atoms with van der Waals surface area (Å²) in [6.07, 6.45) is 0.417. The summed E-state index contributed by atoms with van der Waals surface area (Å²) >= 11 is 0. The topological polar surface area (TPSA) is 84.2 Å². The first kappa shape index (κ1) is 16.6. The fourth-order valence-corrected chi connectivity index (χ4v) is 2.24. The minimum absolute atomic E-state index is 0.0202. The maximum absolute atomic E-state index is 13.1. The molecule has 1 aromatic carbocycles. The summed E-state index contributed by atoms with van der Waals surface area (Å²) in [7, 11) is 1.54. The Hall–Kier alpha value is -2.77. The number of halogens is 2. The van der Waals surface area contributed by atoms with Gasteiger partial charge >= 0.3 is 5.97 Å². The van der Waals surface area contributed by atoms with E-state index in [1.54, 1.807) is 14.0 Å². The van der Waals surface area contributed by atoms with E-state index in [1.165, 1.54) is 4.68 Å². The fraction of sp³-hybridized carbons (Fsp3) is 0.267. The number of aryl methyl sites for hydroxylation is 2. The molecule has 0 amide bonds. The molecule has 0 unspecified atom stereocenters. The Kier molecular flexibility index (Phi) is 4.73. The summed E-state index contributed by atoms with van der Waals surface area (Å²) in [6, 6.07) is 2.51. The number of carboxylic acids is 1. The summed E-state index contributed by atoms with van der Waals surface area (Å²) in [5.74, 6) is -3.28. The third kappa shape index (κ3) is 3.53. The van der Waals surface area contributed by atoms with Crippen LogP contribution in [0.4, 0.5) is 14.6 Å². The second kappa shape index (κ2) is 6.55. The van der Waals surface area contributed by atoms with Crippen LogP contribution in [0.2, 0.25) is 0 Å². The van der Waals surface area contributed by atoms with Gasteiger partial charge in [0.15, 0.2) is 5.78 Å². The Morgan fingerprint density at radius 2 is 1.87 bits per heavy atom.